The van der Waals surface area contributed by atoms with Crippen molar-refractivity contribution in [3.8, 4) is 0 Å². The van der Waals surface area contributed by atoms with Crippen LogP contribution >= 0.6 is 23.2 Å². The third kappa shape index (κ3) is 5.56. The first-order valence-corrected chi connectivity index (χ1v) is 16.0. The molecule has 9 heteroatoms. The molecule has 42 heavy (non-hydrogen) atoms. The second-order valence-corrected chi connectivity index (χ2v) is 14.2. The SMILES string of the molecule is C[C@@H]1C(N=C(Nc2ccc3c(=O)n([C@H](C)Cc4ccc(Cl)cc4Cl)cnc3c2)N2CCN[C@@H](C)C2)C[C@H]2C[C@@H]1C2(C)C. The van der Waals surface area contributed by atoms with E-state index in [9.17, 15) is 4.79 Å². The van der Waals surface area contributed by atoms with Crippen LogP contribution in [0.5, 0.6) is 0 Å². The number of piperazine rings is 1. The van der Waals surface area contributed by atoms with Crippen LogP contribution in [0.2, 0.25) is 10.0 Å². The van der Waals surface area contributed by atoms with E-state index in [0.29, 0.717) is 50.8 Å². The third-order valence-corrected chi connectivity index (χ3v) is 10.9. The molecule has 0 radical (unpaired) electrons. The Kier molecular flexibility index (Phi) is 8.05. The Morgan fingerprint density at radius 1 is 1.19 bits per heavy atom. The summed E-state index contributed by atoms with van der Waals surface area (Å²) < 4.78 is 1.69. The minimum absolute atomic E-state index is 0.0631. The highest BCUT2D eigenvalue weighted by Gasteiger charge is 2.56. The van der Waals surface area contributed by atoms with Crippen LogP contribution < -0.4 is 16.2 Å². The van der Waals surface area contributed by atoms with Gasteiger partial charge in [0.1, 0.15) is 0 Å². The van der Waals surface area contributed by atoms with Gasteiger partial charge in [-0.3, -0.25) is 9.36 Å². The lowest BCUT2D eigenvalue weighted by Crippen LogP contribution is -2.57. The normalized spacial score (nSPS) is 27.9. The minimum Gasteiger partial charge on any atom is -0.340 e. The highest BCUT2D eigenvalue weighted by molar-refractivity contribution is 6.35. The molecule has 3 aliphatic carbocycles. The van der Waals surface area contributed by atoms with Crippen LogP contribution in [0.3, 0.4) is 0 Å². The van der Waals surface area contributed by atoms with Gasteiger partial charge < -0.3 is 15.5 Å². The van der Waals surface area contributed by atoms with Crippen molar-refractivity contribution < 1.29 is 0 Å². The molecule has 1 saturated heterocycles. The van der Waals surface area contributed by atoms with Gasteiger partial charge in [-0.15, -0.1) is 0 Å². The number of nitrogens with one attached hydrogen (secondary N) is 2. The quantitative estimate of drug-likeness (QED) is 0.251. The fraction of sp³-hybridized carbons (Fsp3) is 0.545. The maximum absolute atomic E-state index is 13.5. The van der Waals surface area contributed by atoms with Crippen molar-refractivity contribution >= 4 is 45.8 Å². The number of hydrogen-bond donors (Lipinski definition) is 2. The molecule has 0 amide bonds. The molecule has 3 aromatic rings. The number of halogens is 2. The van der Waals surface area contributed by atoms with E-state index in [1.807, 2.05) is 37.3 Å². The number of nitrogens with zero attached hydrogens (tertiary/aromatic N) is 4. The molecule has 2 heterocycles. The lowest BCUT2D eigenvalue weighted by atomic mass is 9.45. The summed E-state index contributed by atoms with van der Waals surface area (Å²) in [6.07, 6.45) is 4.74. The topological polar surface area (TPSA) is 74.5 Å². The summed E-state index contributed by atoms with van der Waals surface area (Å²) >= 11 is 12.5. The number of guanidine groups is 1. The lowest BCUT2D eigenvalue weighted by Gasteiger charge is -2.61. The monoisotopic (exact) mass is 608 g/mol. The molecule has 4 fully saturated rings. The number of rotatable bonds is 5. The van der Waals surface area contributed by atoms with Crippen LogP contribution in [-0.2, 0) is 6.42 Å². The lowest BCUT2D eigenvalue weighted by molar-refractivity contribution is -0.108. The molecule has 1 aromatic heterocycles. The van der Waals surface area contributed by atoms with Gasteiger partial charge in [-0.2, -0.15) is 0 Å². The van der Waals surface area contributed by atoms with Gasteiger partial charge in [-0.1, -0.05) is 50.0 Å². The van der Waals surface area contributed by atoms with Crippen LogP contribution in [0.4, 0.5) is 5.69 Å². The van der Waals surface area contributed by atoms with Gasteiger partial charge in [0, 0.05) is 47.5 Å². The molecule has 7 rings (SSSR count). The zero-order chi connectivity index (χ0) is 29.8. The van der Waals surface area contributed by atoms with Crippen molar-refractivity contribution in [2.45, 2.75) is 72.0 Å². The molecule has 3 saturated carbocycles. The van der Waals surface area contributed by atoms with E-state index in [-0.39, 0.29) is 11.6 Å². The molecule has 2 bridgehead atoms. The highest BCUT2D eigenvalue weighted by atomic mass is 35.5. The van der Waals surface area contributed by atoms with Crippen molar-refractivity contribution in [3.05, 3.63) is 68.7 Å². The first kappa shape index (κ1) is 29.5. The van der Waals surface area contributed by atoms with Crippen LogP contribution in [-0.4, -0.2) is 52.1 Å². The fourth-order valence-electron chi connectivity index (χ4n) is 7.53. The molecule has 7 nitrogen and oxygen atoms in total. The molecule has 2 aromatic carbocycles. The molecule has 0 spiro atoms. The average molecular weight is 610 g/mol. The van der Waals surface area contributed by atoms with Gasteiger partial charge in [0.2, 0.25) is 0 Å². The molecular weight excluding hydrogens is 567 g/mol. The zero-order valence-electron chi connectivity index (χ0n) is 25.2. The number of benzene rings is 2. The standard InChI is InChI=1S/C33H42Cl2N6O/c1-19-17-40(11-10-36-19)32(39-29-14-23-13-27(21(29)3)33(23,4)5)38-25-8-9-26-30(16-25)37-18-41(31(26)42)20(2)12-22-6-7-24(34)15-28(22)35/h6-9,15-16,18-21,23,27,29,36H,10-14,17H2,1-5H3,(H,38,39)/t19-,20+,21-,23+,27-,29?/m0/s1. The van der Waals surface area contributed by atoms with Crippen LogP contribution in [0.15, 0.2) is 52.5 Å². The molecule has 2 N–H and O–H groups in total. The Balaban J connectivity index is 1.25. The highest BCUT2D eigenvalue weighted by Crippen LogP contribution is 2.61. The largest absolute Gasteiger partial charge is 0.340 e. The number of anilines is 1. The van der Waals surface area contributed by atoms with Crippen molar-refractivity contribution in [1.82, 2.24) is 19.8 Å². The van der Waals surface area contributed by atoms with Gasteiger partial charge in [0.25, 0.3) is 5.56 Å². The van der Waals surface area contributed by atoms with Crippen molar-refractivity contribution in [1.29, 1.82) is 0 Å². The second-order valence-electron chi connectivity index (χ2n) is 13.4. The Hall–Kier alpha value is -2.61. The van der Waals surface area contributed by atoms with E-state index in [0.717, 1.165) is 55.1 Å². The average Bonchev–Trinajstić information content (AvgIpc) is 2.95. The molecule has 6 atom stereocenters. The zero-order valence-corrected chi connectivity index (χ0v) is 26.7. The van der Waals surface area contributed by atoms with Crippen LogP contribution in [0.1, 0.15) is 59.1 Å². The second kappa shape index (κ2) is 11.5. The molecule has 1 unspecified atom stereocenters. The predicted molar refractivity (Wildman–Crippen MR) is 174 cm³/mol. The Bertz CT molecular complexity index is 1570. The summed E-state index contributed by atoms with van der Waals surface area (Å²) in [5.74, 6) is 2.98. The van der Waals surface area contributed by atoms with Gasteiger partial charge in [0.15, 0.2) is 5.96 Å². The summed E-state index contributed by atoms with van der Waals surface area (Å²) in [4.78, 5) is 26.0. The van der Waals surface area contributed by atoms with Gasteiger partial charge in [-0.05, 0) is 92.2 Å². The maximum Gasteiger partial charge on any atom is 0.261 e. The predicted octanol–water partition coefficient (Wildman–Crippen LogP) is 6.64. The van der Waals surface area contributed by atoms with E-state index in [1.165, 1.54) is 6.42 Å². The Morgan fingerprint density at radius 2 is 2.00 bits per heavy atom. The van der Waals surface area contributed by atoms with Gasteiger partial charge in [0.05, 0.1) is 23.3 Å². The van der Waals surface area contributed by atoms with E-state index >= 15 is 0 Å². The fourth-order valence-corrected chi connectivity index (χ4v) is 8.01. The summed E-state index contributed by atoms with van der Waals surface area (Å²) in [5.41, 5.74) is 2.87. The number of fused-ring (bicyclic) bond motifs is 3. The number of aliphatic imine (C=N–C) groups is 1. The van der Waals surface area contributed by atoms with Gasteiger partial charge in [-0.25, -0.2) is 9.98 Å². The van der Waals surface area contributed by atoms with E-state index in [1.54, 1.807) is 17.0 Å². The van der Waals surface area contributed by atoms with Crippen LogP contribution in [0, 0.1) is 23.2 Å². The third-order valence-electron chi connectivity index (χ3n) is 10.3. The number of hydrogen-bond acceptors (Lipinski definition) is 4. The maximum atomic E-state index is 13.5. The van der Waals surface area contributed by atoms with E-state index < -0.39 is 0 Å². The smallest absolute Gasteiger partial charge is 0.261 e. The Morgan fingerprint density at radius 3 is 2.71 bits per heavy atom. The van der Waals surface area contributed by atoms with Crippen molar-refractivity contribution in [2.24, 2.45) is 28.2 Å². The summed E-state index contributed by atoms with van der Waals surface area (Å²) in [6.45, 7) is 14.2. The van der Waals surface area contributed by atoms with E-state index in [2.05, 4.69) is 43.2 Å². The molecular formula is C33H42Cl2N6O. The summed E-state index contributed by atoms with van der Waals surface area (Å²) in [5, 5.41) is 8.99. The number of aromatic nitrogens is 2. The summed E-state index contributed by atoms with van der Waals surface area (Å²) in [6, 6.07) is 11.9. The molecule has 1 aliphatic heterocycles. The Labute approximate surface area is 258 Å². The van der Waals surface area contributed by atoms with Crippen LogP contribution in [0.25, 0.3) is 10.9 Å². The first-order valence-electron chi connectivity index (χ1n) is 15.3. The molecule has 224 valence electrons. The van der Waals surface area contributed by atoms with E-state index in [4.69, 9.17) is 33.2 Å². The minimum atomic E-state index is -0.118. The van der Waals surface area contributed by atoms with Crippen molar-refractivity contribution in [2.75, 3.05) is 25.0 Å². The van der Waals surface area contributed by atoms with Crippen molar-refractivity contribution in [3.63, 3.8) is 0 Å². The van der Waals surface area contributed by atoms with Gasteiger partial charge >= 0.3 is 0 Å². The molecule has 4 aliphatic rings. The summed E-state index contributed by atoms with van der Waals surface area (Å²) in [7, 11) is 0. The first-order chi connectivity index (χ1) is 20.0.